The van der Waals surface area contributed by atoms with E-state index in [0.717, 1.165) is 0 Å². The van der Waals surface area contributed by atoms with Crippen LogP contribution in [0.3, 0.4) is 0 Å². The maximum atomic E-state index is 9.67. The molecule has 5 heteroatoms. The fourth-order valence-corrected chi connectivity index (χ4v) is 2.27. The lowest BCUT2D eigenvalue weighted by molar-refractivity contribution is -0.147. The first-order valence-electron chi connectivity index (χ1n) is 4.43. The molecule has 0 aromatic carbocycles. The van der Waals surface area contributed by atoms with Gasteiger partial charge < -0.3 is 20.4 Å². The van der Waals surface area contributed by atoms with Crippen LogP contribution in [0, 0.1) is 0 Å². The van der Waals surface area contributed by atoms with Crippen LogP contribution in [0.4, 0.5) is 0 Å². The summed E-state index contributed by atoms with van der Waals surface area (Å²) in [5.74, 6) is 0. The minimum absolute atomic E-state index is 0.287. The first-order valence-corrected chi connectivity index (χ1v) is 4.43. The van der Waals surface area contributed by atoms with Crippen LogP contribution < -0.4 is 0 Å². The maximum Gasteiger partial charge on any atom is 0.109 e. The minimum atomic E-state index is -1.15. The highest BCUT2D eigenvalue weighted by Crippen LogP contribution is 2.47. The van der Waals surface area contributed by atoms with Crippen molar-refractivity contribution >= 4 is 0 Å². The van der Waals surface area contributed by atoms with Crippen LogP contribution in [0.25, 0.3) is 0 Å². The van der Waals surface area contributed by atoms with E-state index < -0.39 is 30.0 Å². The number of likely N-dealkylation sites (N-methyl/N-ethyl adjacent to an activating group) is 1. The molecule has 0 aromatic heterocycles. The van der Waals surface area contributed by atoms with E-state index >= 15 is 0 Å². The van der Waals surface area contributed by atoms with Gasteiger partial charge in [0.05, 0.1) is 17.7 Å². The molecule has 1 heterocycles. The average Bonchev–Trinajstić information content (AvgIpc) is 2.73. The van der Waals surface area contributed by atoms with Gasteiger partial charge in [-0.05, 0) is 13.5 Å². The standard InChI is InChI=1S/C8H15NO4/c1-9-3-4(10)6(12)7(13)8(9)2-5(8)11/h4-7,10-13H,2-3H2,1H3/t4-,5?,6+,7+,8+/m0/s1. The van der Waals surface area contributed by atoms with Crippen LogP contribution in [-0.4, -0.2) is 68.9 Å². The van der Waals surface area contributed by atoms with E-state index in [2.05, 4.69) is 0 Å². The zero-order valence-electron chi connectivity index (χ0n) is 7.46. The number of hydrogen-bond donors (Lipinski definition) is 4. The predicted octanol–water partition coefficient (Wildman–Crippen LogP) is -2.48. The molecule has 13 heavy (non-hydrogen) atoms. The average molecular weight is 189 g/mol. The van der Waals surface area contributed by atoms with Crippen molar-refractivity contribution in [1.82, 2.24) is 4.90 Å². The molecule has 1 aliphatic heterocycles. The molecule has 1 saturated carbocycles. The van der Waals surface area contributed by atoms with Gasteiger partial charge >= 0.3 is 0 Å². The van der Waals surface area contributed by atoms with Crippen molar-refractivity contribution in [2.75, 3.05) is 13.6 Å². The summed E-state index contributed by atoms with van der Waals surface area (Å²) >= 11 is 0. The third-order valence-corrected chi connectivity index (χ3v) is 3.34. The van der Waals surface area contributed by atoms with E-state index in [1.54, 1.807) is 11.9 Å². The van der Waals surface area contributed by atoms with E-state index in [0.29, 0.717) is 6.42 Å². The second-order valence-electron chi connectivity index (χ2n) is 4.09. The van der Waals surface area contributed by atoms with E-state index in [-0.39, 0.29) is 6.54 Å². The van der Waals surface area contributed by atoms with Crippen LogP contribution in [0.5, 0.6) is 0 Å². The van der Waals surface area contributed by atoms with Crippen molar-refractivity contribution in [3.63, 3.8) is 0 Å². The number of nitrogens with zero attached hydrogens (tertiary/aromatic N) is 1. The summed E-state index contributed by atoms with van der Waals surface area (Å²) in [7, 11) is 1.73. The van der Waals surface area contributed by atoms with Gasteiger partial charge in [-0.3, -0.25) is 4.90 Å². The molecule has 0 amide bonds. The van der Waals surface area contributed by atoms with Crippen molar-refractivity contribution in [3.05, 3.63) is 0 Å². The van der Waals surface area contributed by atoms with Gasteiger partial charge in [-0.2, -0.15) is 0 Å². The Morgan fingerprint density at radius 2 is 1.77 bits per heavy atom. The Kier molecular flexibility index (Phi) is 1.91. The molecule has 0 bridgehead atoms. The maximum absolute atomic E-state index is 9.67. The fraction of sp³-hybridized carbons (Fsp3) is 1.00. The Hall–Kier alpha value is -0.200. The van der Waals surface area contributed by atoms with E-state index in [1.165, 1.54) is 0 Å². The highest BCUT2D eigenvalue weighted by atomic mass is 16.4. The van der Waals surface area contributed by atoms with Gasteiger partial charge in [0.1, 0.15) is 12.2 Å². The van der Waals surface area contributed by atoms with Crippen molar-refractivity contribution in [3.8, 4) is 0 Å². The van der Waals surface area contributed by atoms with Gasteiger partial charge in [0.2, 0.25) is 0 Å². The molecule has 0 radical (unpaired) electrons. The summed E-state index contributed by atoms with van der Waals surface area (Å²) in [6, 6.07) is 0. The Balaban J connectivity index is 2.20. The van der Waals surface area contributed by atoms with Crippen molar-refractivity contribution in [2.24, 2.45) is 0 Å². The monoisotopic (exact) mass is 189 g/mol. The molecule has 1 spiro atoms. The van der Waals surface area contributed by atoms with Crippen molar-refractivity contribution < 1.29 is 20.4 Å². The van der Waals surface area contributed by atoms with Crippen molar-refractivity contribution in [2.45, 2.75) is 36.4 Å². The molecule has 76 valence electrons. The molecular weight excluding hydrogens is 174 g/mol. The Labute approximate surface area is 76.2 Å². The number of β-amino-alcohol motifs (C(OH)–C–C–N with tert-alkyl or cyclic N) is 1. The van der Waals surface area contributed by atoms with Crippen LogP contribution >= 0.6 is 0 Å². The number of piperidine rings is 1. The lowest BCUT2D eigenvalue weighted by Crippen LogP contribution is -2.63. The highest BCUT2D eigenvalue weighted by Gasteiger charge is 2.66. The summed E-state index contributed by atoms with van der Waals surface area (Å²) < 4.78 is 0. The second kappa shape index (κ2) is 2.65. The molecule has 5 atom stereocenters. The van der Waals surface area contributed by atoms with Gasteiger partial charge in [0.25, 0.3) is 0 Å². The highest BCUT2D eigenvalue weighted by molar-refractivity contribution is 5.20. The third kappa shape index (κ3) is 1.05. The normalized spacial score (nSPS) is 57.0. The zero-order valence-corrected chi connectivity index (χ0v) is 7.46. The molecule has 5 nitrogen and oxygen atoms in total. The van der Waals surface area contributed by atoms with Gasteiger partial charge in [0, 0.05) is 6.54 Å². The molecule has 2 aliphatic rings. The first kappa shape index (κ1) is 9.36. The number of rotatable bonds is 0. The number of likely N-dealkylation sites (tertiary alicyclic amines) is 1. The number of hydrogen-bond acceptors (Lipinski definition) is 5. The summed E-state index contributed by atoms with van der Waals surface area (Å²) in [6.07, 6.45) is -3.26. The lowest BCUT2D eigenvalue weighted by Gasteiger charge is -2.42. The summed E-state index contributed by atoms with van der Waals surface area (Å²) in [4.78, 5) is 1.72. The van der Waals surface area contributed by atoms with E-state index in [4.69, 9.17) is 0 Å². The third-order valence-electron chi connectivity index (χ3n) is 3.34. The van der Waals surface area contributed by atoms with Crippen LogP contribution in [-0.2, 0) is 0 Å². The van der Waals surface area contributed by atoms with Gasteiger partial charge in [-0.15, -0.1) is 0 Å². The quantitative estimate of drug-likeness (QED) is 0.339. The predicted molar refractivity (Wildman–Crippen MR) is 44.0 cm³/mol. The topological polar surface area (TPSA) is 84.2 Å². The molecule has 1 aliphatic carbocycles. The van der Waals surface area contributed by atoms with Gasteiger partial charge in [0.15, 0.2) is 0 Å². The molecule has 0 aromatic rings. The van der Waals surface area contributed by atoms with Crippen LogP contribution in [0.2, 0.25) is 0 Å². The lowest BCUT2D eigenvalue weighted by atomic mass is 9.92. The van der Waals surface area contributed by atoms with Gasteiger partial charge in [-0.1, -0.05) is 0 Å². The number of aliphatic hydroxyl groups excluding tert-OH is 4. The molecule has 2 fully saturated rings. The molecule has 1 saturated heterocycles. The molecule has 2 rings (SSSR count). The fourth-order valence-electron chi connectivity index (χ4n) is 2.27. The number of aliphatic hydroxyl groups is 4. The molecule has 1 unspecified atom stereocenters. The zero-order chi connectivity index (χ0) is 9.80. The van der Waals surface area contributed by atoms with Crippen molar-refractivity contribution in [1.29, 1.82) is 0 Å². The summed E-state index contributed by atoms with van der Waals surface area (Å²) in [5.41, 5.74) is -0.710. The SMILES string of the molecule is CN1C[C@H](O)[C@@H](O)[C@@H](O)[C@]12CC2O. The van der Waals surface area contributed by atoms with Crippen LogP contribution in [0.15, 0.2) is 0 Å². The Bertz CT molecular complexity index is 224. The summed E-state index contributed by atoms with van der Waals surface area (Å²) in [5, 5.41) is 37.8. The van der Waals surface area contributed by atoms with E-state index in [9.17, 15) is 20.4 Å². The second-order valence-corrected chi connectivity index (χ2v) is 4.09. The molecular formula is C8H15NO4. The van der Waals surface area contributed by atoms with E-state index in [1.807, 2.05) is 0 Å². The first-order chi connectivity index (χ1) is 6.00. The minimum Gasteiger partial charge on any atom is -0.391 e. The van der Waals surface area contributed by atoms with Crippen LogP contribution in [0.1, 0.15) is 6.42 Å². The van der Waals surface area contributed by atoms with Gasteiger partial charge in [-0.25, -0.2) is 0 Å². The smallest absolute Gasteiger partial charge is 0.109 e. The largest absolute Gasteiger partial charge is 0.391 e. The Morgan fingerprint density at radius 3 is 2.23 bits per heavy atom. The Morgan fingerprint density at radius 1 is 1.23 bits per heavy atom. The summed E-state index contributed by atoms with van der Waals surface area (Å²) in [6.45, 7) is 0.287. The molecule has 4 N–H and O–H groups in total.